The van der Waals surface area contributed by atoms with Crippen molar-refractivity contribution in [2.24, 2.45) is 0 Å². The monoisotopic (exact) mass is 355 g/mol. The van der Waals surface area contributed by atoms with Crippen molar-refractivity contribution in [1.82, 2.24) is 4.89 Å². The lowest BCUT2D eigenvalue weighted by Crippen LogP contribution is -2.25. The summed E-state index contributed by atoms with van der Waals surface area (Å²) >= 11 is 0. The van der Waals surface area contributed by atoms with E-state index in [0.717, 1.165) is 17.4 Å². The fraction of sp³-hybridized carbons (Fsp3) is 0.200. The molecule has 6 nitrogen and oxygen atoms in total. The van der Waals surface area contributed by atoms with E-state index in [0.29, 0.717) is 0 Å². The van der Waals surface area contributed by atoms with Gasteiger partial charge in [-0.25, -0.2) is 16.8 Å². The third kappa shape index (κ3) is 4.38. The zero-order chi connectivity index (χ0) is 17.1. The Hall–Kier alpha value is -1.74. The molecule has 0 atom stereocenters. The van der Waals surface area contributed by atoms with E-state index in [-0.39, 0.29) is 16.4 Å². The average molecular weight is 355 g/mol. The van der Waals surface area contributed by atoms with Crippen molar-refractivity contribution in [2.45, 2.75) is 23.3 Å². The van der Waals surface area contributed by atoms with Crippen molar-refractivity contribution in [1.29, 1.82) is 0 Å². The minimum Gasteiger partial charge on any atom is -0.282 e. The fourth-order valence-electron chi connectivity index (χ4n) is 1.98. The summed E-state index contributed by atoms with van der Waals surface area (Å²) in [5.74, 6) is 0. The molecule has 2 aromatic carbocycles. The van der Waals surface area contributed by atoms with Crippen LogP contribution in [0, 0.1) is 6.92 Å². The lowest BCUT2D eigenvalue weighted by Gasteiger charge is -2.11. The Kier molecular flexibility index (Phi) is 5.20. The maximum absolute atomic E-state index is 12.3. The molecule has 0 aliphatic rings. The van der Waals surface area contributed by atoms with E-state index in [2.05, 4.69) is 0 Å². The SMILES string of the molecule is Cc1ccccc1CONS(=O)(=O)c1ccccc1S(C)(=O)=O. The van der Waals surface area contributed by atoms with Crippen molar-refractivity contribution >= 4 is 19.9 Å². The first-order valence-electron chi connectivity index (χ1n) is 6.69. The average Bonchev–Trinajstić information content (AvgIpc) is 2.48. The molecular weight excluding hydrogens is 338 g/mol. The van der Waals surface area contributed by atoms with Crippen LogP contribution in [0.3, 0.4) is 0 Å². The van der Waals surface area contributed by atoms with E-state index in [1.807, 2.05) is 36.1 Å². The fourth-order valence-corrected chi connectivity index (χ4v) is 4.42. The second-order valence-corrected chi connectivity index (χ2v) is 8.62. The van der Waals surface area contributed by atoms with Gasteiger partial charge in [0, 0.05) is 6.26 Å². The van der Waals surface area contributed by atoms with Crippen LogP contribution in [0.15, 0.2) is 58.3 Å². The standard InChI is InChI=1S/C15H17NO5S2/c1-12-7-3-4-8-13(12)11-21-16-23(19,20)15-10-6-5-9-14(15)22(2,17)18/h3-10,16H,11H2,1-2H3. The molecule has 124 valence electrons. The number of hydrogen-bond acceptors (Lipinski definition) is 5. The molecule has 0 saturated heterocycles. The van der Waals surface area contributed by atoms with Gasteiger partial charge >= 0.3 is 0 Å². The van der Waals surface area contributed by atoms with Crippen molar-refractivity contribution in [2.75, 3.05) is 6.26 Å². The Morgan fingerprint density at radius 3 is 2.09 bits per heavy atom. The van der Waals surface area contributed by atoms with Crippen LogP contribution >= 0.6 is 0 Å². The van der Waals surface area contributed by atoms with Gasteiger partial charge in [0.25, 0.3) is 10.0 Å². The maximum Gasteiger partial charge on any atom is 0.263 e. The van der Waals surface area contributed by atoms with Crippen molar-refractivity contribution in [3.05, 3.63) is 59.7 Å². The molecule has 0 heterocycles. The summed E-state index contributed by atoms with van der Waals surface area (Å²) in [6.45, 7) is 1.92. The molecule has 1 N–H and O–H groups in total. The summed E-state index contributed by atoms with van der Waals surface area (Å²) in [5, 5.41) is 0. The van der Waals surface area contributed by atoms with Gasteiger partial charge in [-0.2, -0.15) is 0 Å². The minimum atomic E-state index is -4.11. The highest BCUT2D eigenvalue weighted by Gasteiger charge is 2.23. The molecule has 0 aliphatic carbocycles. The third-order valence-corrected chi connectivity index (χ3v) is 5.75. The summed E-state index contributed by atoms with van der Waals surface area (Å²) < 4.78 is 48.0. The van der Waals surface area contributed by atoms with Crippen molar-refractivity contribution < 1.29 is 21.7 Å². The number of sulfonamides is 1. The molecule has 2 aromatic rings. The van der Waals surface area contributed by atoms with Gasteiger partial charge in [0.05, 0.1) is 11.5 Å². The summed E-state index contributed by atoms with van der Waals surface area (Å²) in [7, 11) is -7.78. The third-order valence-electron chi connectivity index (χ3n) is 3.20. The highest BCUT2D eigenvalue weighted by molar-refractivity contribution is 7.93. The number of sulfone groups is 1. The van der Waals surface area contributed by atoms with Crippen LogP contribution in [0.4, 0.5) is 0 Å². The van der Waals surface area contributed by atoms with E-state index in [4.69, 9.17) is 4.84 Å². The van der Waals surface area contributed by atoms with Crippen LogP contribution in [0.1, 0.15) is 11.1 Å². The molecule has 0 aromatic heterocycles. The molecule has 2 rings (SSSR count). The minimum absolute atomic E-state index is 0.0347. The van der Waals surface area contributed by atoms with Gasteiger partial charge in [0.1, 0.15) is 4.90 Å². The maximum atomic E-state index is 12.3. The van der Waals surface area contributed by atoms with Gasteiger partial charge in [0.2, 0.25) is 0 Å². The normalized spacial score (nSPS) is 12.3. The zero-order valence-corrected chi connectivity index (χ0v) is 14.3. The lowest BCUT2D eigenvalue weighted by molar-refractivity contribution is 0.0791. The Morgan fingerprint density at radius 2 is 1.48 bits per heavy atom. The Bertz CT molecular complexity index is 905. The molecule has 0 bridgehead atoms. The number of nitrogens with one attached hydrogen (secondary N) is 1. The van der Waals surface area contributed by atoms with Gasteiger partial charge in [-0.3, -0.25) is 4.84 Å². The first-order valence-corrected chi connectivity index (χ1v) is 10.1. The van der Waals surface area contributed by atoms with Crippen LogP contribution in [-0.4, -0.2) is 23.1 Å². The summed E-state index contributed by atoms with van der Waals surface area (Å²) in [6, 6.07) is 12.8. The van der Waals surface area contributed by atoms with E-state index >= 15 is 0 Å². The number of aryl methyl sites for hydroxylation is 1. The topological polar surface area (TPSA) is 89.5 Å². The number of benzene rings is 2. The van der Waals surface area contributed by atoms with E-state index < -0.39 is 19.9 Å². The zero-order valence-electron chi connectivity index (χ0n) is 12.7. The van der Waals surface area contributed by atoms with Gasteiger partial charge in [-0.05, 0) is 30.2 Å². The highest BCUT2D eigenvalue weighted by atomic mass is 32.2. The predicted molar refractivity (Wildman–Crippen MR) is 85.8 cm³/mol. The van der Waals surface area contributed by atoms with Crippen LogP contribution in [-0.2, 0) is 31.3 Å². The molecule has 23 heavy (non-hydrogen) atoms. The molecule has 0 saturated carbocycles. The molecule has 0 unspecified atom stereocenters. The van der Waals surface area contributed by atoms with Crippen LogP contribution in [0.2, 0.25) is 0 Å². The second kappa shape index (κ2) is 6.79. The Labute approximate surface area is 136 Å². The number of rotatable bonds is 6. The van der Waals surface area contributed by atoms with E-state index in [1.165, 1.54) is 24.3 Å². The Balaban J connectivity index is 2.19. The molecule has 0 amide bonds. The largest absolute Gasteiger partial charge is 0.282 e. The Morgan fingerprint density at radius 1 is 0.913 bits per heavy atom. The van der Waals surface area contributed by atoms with Crippen LogP contribution < -0.4 is 4.89 Å². The highest BCUT2D eigenvalue weighted by Crippen LogP contribution is 2.20. The van der Waals surface area contributed by atoms with Crippen LogP contribution in [0.25, 0.3) is 0 Å². The summed E-state index contributed by atoms with van der Waals surface area (Å²) in [4.78, 5) is 6.41. The first-order chi connectivity index (χ1) is 10.7. The quantitative estimate of drug-likeness (QED) is 0.798. The van der Waals surface area contributed by atoms with Crippen molar-refractivity contribution in [3.63, 3.8) is 0 Å². The van der Waals surface area contributed by atoms with Crippen LogP contribution in [0.5, 0.6) is 0 Å². The van der Waals surface area contributed by atoms with Gasteiger partial charge in [0.15, 0.2) is 9.84 Å². The van der Waals surface area contributed by atoms with Gasteiger partial charge in [-0.1, -0.05) is 41.3 Å². The lowest BCUT2D eigenvalue weighted by atomic mass is 10.1. The molecule has 0 fully saturated rings. The van der Waals surface area contributed by atoms with Crippen molar-refractivity contribution in [3.8, 4) is 0 Å². The molecule has 0 aliphatic heterocycles. The van der Waals surface area contributed by atoms with Gasteiger partial charge in [-0.15, -0.1) is 0 Å². The van der Waals surface area contributed by atoms with E-state index in [1.54, 1.807) is 0 Å². The van der Waals surface area contributed by atoms with Gasteiger partial charge < -0.3 is 0 Å². The van der Waals surface area contributed by atoms with E-state index in [9.17, 15) is 16.8 Å². The first kappa shape index (κ1) is 17.6. The molecule has 0 radical (unpaired) electrons. The summed E-state index contributed by atoms with van der Waals surface area (Å²) in [6.07, 6.45) is 0.954. The smallest absolute Gasteiger partial charge is 0.263 e. The predicted octanol–water partition coefficient (Wildman–Crippen LogP) is 1.81. The number of hydrogen-bond donors (Lipinski definition) is 1. The molecular formula is C15H17NO5S2. The second-order valence-electron chi connectivity index (χ2n) is 5.02. The molecule has 8 heteroatoms. The summed E-state index contributed by atoms with van der Waals surface area (Å²) in [5.41, 5.74) is 1.79. The molecule has 0 spiro atoms.